The van der Waals surface area contributed by atoms with Crippen molar-refractivity contribution in [2.24, 2.45) is 28.6 Å². The van der Waals surface area contributed by atoms with Gasteiger partial charge in [0.2, 0.25) is 0 Å². The molecule has 0 bridgehead atoms. The van der Waals surface area contributed by atoms with Crippen LogP contribution in [0.3, 0.4) is 0 Å². The molecule has 2 fully saturated rings. The Morgan fingerprint density at radius 1 is 1.34 bits per heavy atom. The van der Waals surface area contributed by atoms with E-state index in [1.807, 2.05) is 0 Å². The predicted molar refractivity (Wildman–Crippen MR) is 106 cm³/mol. The number of carbonyl (C=O) groups excluding carboxylic acids is 1. The Morgan fingerprint density at radius 3 is 2.38 bits per heavy atom. The molecule has 2 saturated carbocycles. The zero-order valence-electron chi connectivity index (χ0n) is 17.9. The summed E-state index contributed by atoms with van der Waals surface area (Å²) in [4.78, 5) is 30.7. The molecule has 0 amide bonds. The zero-order chi connectivity index (χ0) is 22.6. The standard InChI is InChI=1S/C20H34FO7P/c1-7-8-17(4,5)19(21)13(3)14-9-12(2)20(24,18(14,6)10-15(19)22)16(23)11-28-29(25,26)27/h7-8,12-15,22,24H,9-11H2,1-6H3,(H2,25,26,27)/b8-7-/t12-,13-,14-,15-,18-,19-,20-/m0/s1. The van der Waals surface area contributed by atoms with Gasteiger partial charge in [-0.25, -0.2) is 8.96 Å². The minimum atomic E-state index is -4.89. The van der Waals surface area contributed by atoms with Gasteiger partial charge in [-0.05, 0) is 37.5 Å². The Hall–Kier alpha value is -0.630. The molecule has 0 spiro atoms. The number of Topliss-reactive ketones (excluding diaryl/α,β-unsaturated/α-hetero) is 1. The number of fused-ring (bicyclic) bond motifs is 1. The van der Waals surface area contributed by atoms with Gasteiger partial charge in [0, 0.05) is 10.8 Å². The molecule has 168 valence electrons. The third kappa shape index (κ3) is 3.56. The van der Waals surface area contributed by atoms with Crippen LogP contribution in [-0.4, -0.2) is 49.8 Å². The molecule has 2 rings (SSSR count). The van der Waals surface area contributed by atoms with Crippen molar-refractivity contribution in [1.82, 2.24) is 0 Å². The molecule has 0 aromatic heterocycles. The van der Waals surface area contributed by atoms with Gasteiger partial charge < -0.3 is 20.0 Å². The minimum Gasteiger partial charge on any atom is -0.390 e. The molecule has 0 aliphatic heterocycles. The van der Waals surface area contributed by atoms with Crippen molar-refractivity contribution in [2.75, 3.05) is 6.61 Å². The van der Waals surface area contributed by atoms with Crippen LogP contribution in [-0.2, 0) is 13.9 Å². The van der Waals surface area contributed by atoms with Crippen molar-refractivity contribution < 1.29 is 38.3 Å². The van der Waals surface area contributed by atoms with Gasteiger partial charge >= 0.3 is 7.82 Å². The summed E-state index contributed by atoms with van der Waals surface area (Å²) in [5.74, 6) is -2.54. The molecule has 0 heterocycles. The third-order valence-corrected chi connectivity index (χ3v) is 8.20. The molecular formula is C20H34FO7P. The molecule has 4 N–H and O–H groups in total. The SMILES string of the molecule is C/C=C\C(C)(C)[C@@]1(F)[C@@H](O)C[C@@]2(C)[C@@H](C[C@H](C)[C@]2(O)C(=O)COP(=O)(O)O)[C@@H]1C. The number of hydrogen-bond acceptors (Lipinski definition) is 5. The topological polar surface area (TPSA) is 124 Å². The van der Waals surface area contributed by atoms with Gasteiger partial charge in [0.1, 0.15) is 17.9 Å². The number of aliphatic hydroxyl groups excluding tert-OH is 1. The fourth-order valence-corrected chi connectivity index (χ4v) is 6.56. The van der Waals surface area contributed by atoms with Crippen molar-refractivity contribution in [3.63, 3.8) is 0 Å². The number of rotatable bonds is 6. The van der Waals surface area contributed by atoms with Crippen LogP contribution in [0.2, 0.25) is 0 Å². The Bertz CT molecular complexity index is 734. The predicted octanol–water partition coefficient (Wildman–Crippen LogP) is 2.77. The highest BCUT2D eigenvalue weighted by Gasteiger charge is 2.72. The van der Waals surface area contributed by atoms with Crippen molar-refractivity contribution in [2.45, 2.75) is 71.8 Å². The van der Waals surface area contributed by atoms with Crippen LogP contribution >= 0.6 is 7.82 Å². The van der Waals surface area contributed by atoms with Gasteiger partial charge in [-0.2, -0.15) is 0 Å². The molecule has 0 aromatic rings. The van der Waals surface area contributed by atoms with E-state index in [9.17, 15) is 19.6 Å². The van der Waals surface area contributed by atoms with Gasteiger partial charge in [-0.15, -0.1) is 0 Å². The first kappa shape index (κ1) is 24.6. The summed E-state index contributed by atoms with van der Waals surface area (Å²) >= 11 is 0. The van der Waals surface area contributed by atoms with Crippen LogP contribution in [0.1, 0.15) is 54.4 Å². The molecule has 9 heteroatoms. The molecule has 29 heavy (non-hydrogen) atoms. The second kappa shape index (κ2) is 7.50. The summed E-state index contributed by atoms with van der Waals surface area (Å²) in [5.41, 5.74) is -6.10. The normalized spacial score (nSPS) is 43.6. The first-order valence-electron chi connectivity index (χ1n) is 9.95. The van der Waals surface area contributed by atoms with Gasteiger partial charge in [-0.1, -0.05) is 46.8 Å². The first-order chi connectivity index (χ1) is 13.0. The summed E-state index contributed by atoms with van der Waals surface area (Å²) in [6.45, 7) is 9.28. The van der Waals surface area contributed by atoms with Crippen LogP contribution in [0, 0.1) is 28.6 Å². The van der Waals surface area contributed by atoms with Crippen molar-refractivity contribution in [3.05, 3.63) is 12.2 Å². The van der Waals surface area contributed by atoms with Gasteiger partial charge in [0.25, 0.3) is 0 Å². The van der Waals surface area contributed by atoms with Crippen LogP contribution in [0.25, 0.3) is 0 Å². The average molecular weight is 436 g/mol. The summed E-state index contributed by atoms with van der Waals surface area (Å²) in [7, 11) is -4.89. The summed E-state index contributed by atoms with van der Waals surface area (Å²) in [6, 6.07) is 0. The van der Waals surface area contributed by atoms with Crippen LogP contribution in [0.15, 0.2) is 12.2 Å². The quantitative estimate of drug-likeness (QED) is 0.373. The van der Waals surface area contributed by atoms with E-state index in [1.165, 1.54) is 0 Å². The summed E-state index contributed by atoms with van der Waals surface area (Å²) in [5, 5.41) is 22.4. The van der Waals surface area contributed by atoms with Crippen LogP contribution in [0.5, 0.6) is 0 Å². The lowest BCUT2D eigenvalue weighted by molar-refractivity contribution is -0.211. The number of phosphoric acid groups is 1. The number of halogens is 1. The number of phosphoric ester groups is 1. The number of alkyl halides is 1. The first-order valence-corrected chi connectivity index (χ1v) is 11.5. The number of carbonyl (C=O) groups is 1. The maximum Gasteiger partial charge on any atom is 0.470 e. The second-order valence-corrected chi connectivity index (χ2v) is 10.9. The van der Waals surface area contributed by atoms with Crippen molar-refractivity contribution in [3.8, 4) is 0 Å². The zero-order valence-corrected chi connectivity index (χ0v) is 18.8. The van der Waals surface area contributed by atoms with Gasteiger partial charge in [-0.3, -0.25) is 9.32 Å². The number of allylic oxidation sites excluding steroid dienone is 2. The highest BCUT2D eigenvalue weighted by Crippen LogP contribution is 2.66. The lowest BCUT2D eigenvalue weighted by atomic mass is 9.50. The van der Waals surface area contributed by atoms with E-state index in [2.05, 4.69) is 4.52 Å². The highest BCUT2D eigenvalue weighted by molar-refractivity contribution is 7.46. The number of hydrogen-bond donors (Lipinski definition) is 4. The molecule has 7 atom stereocenters. The summed E-state index contributed by atoms with van der Waals surface area (Å²) < 4.78 is 31.8. The average Bonchev–Trinajstić information content (AvgIpc) is 2.78. The maximum atomic E-state index is 16.4. The molecule has 7 nitrogen and oxygen atoms in total. The molecular weight excluding hydrogens is 402 g/mol. The van der Waals surface area contributed by atoms with E-state index in [1.54, 1.807) is 53.7 Å². The van der Waals surface area contributed by atoms with E-state index in [0.29, 0.717) is 6.42 Å². The third-order valence-electron chi connectivity index (χ3n) is 7.74. The van der Waals surface area contributed by atoms with Crippen molar-refractivity contribution in [1.29, 1.82) is 0 Å². The molecule has 0 radical (unpaired) electrons. The van der Waals surface area contributed by atoms with Gasteiger partial charge in [0.05, 0.1) is 6.10 Å². The lowest BCUT2D eigenvalue weighted by Crippen LogP contribution is -2.66. The molecule has 0 aromatic carbocycles. The molecule has 0 unspecified atom stereocenters. The second-order valence-electron chi connectivity index (χ2n) is 9.61. The fraction of sp³-hybridized carbons (Fsp3) is 0.850. The molecule has 2 aliphatic rings. The largest absolute Gasteiger partial charge is 0.470 e. The highest BCUT2D eigenvalue weighted by atomic mass is 31.2. The number of ketones is 1. The smallest absolute Gasteiger partial charge is 0.390 e. The Labute approximate surface area is 171 Å². The molecule has 2 aliphatic carbocycles. The van der Waals surface area contributed by atoms with E-state index in [-0.39, 0.29) is 6.42 Å². The van der Waals surface area contributed by atoms with Crippen LogP contribution < -0.4 is 0 Å². The Morgan fingerprint density at radius 2 is 1.90 bits per heavy atom. The number of aliphatic hydroxyl groups is 2. The fourth-order valence-electron chi connectivity index (χ4n) is 6.27. The van der Waals surface area contributed by atoms with Crippen LogP contribution in [0.4, 0.5) is 4.39 Å². The van der Waals surface area contributed by atoms with Gasteiger partial charge in [0.15, 0.2) is 5.78 Å². The van der Waals surface area contributed by atoms with Crippen molar-refractivity contribution >= 4 is 13.6 Å². The maximum absolute atomic E-state index is 16.4. The molecule has 0 saturated heterocycles. The minimum absolute atomic E-state index is 0.151. The van der Waals surface area contributed by atoms with E-state index in [0.717, 1.165) is 0 Å². The summed E-state index contributed by atoms with van der Waals surface area (Å²) in [6.07, 6.45) is 2.23. The lowest BCUT2D eigenvalue weighted by Gasteiger charge is -2.58. The van der Waals surface area contributed by atoms with E-state index >= 15 is 4.39 Å². The van der Waals surface area contributed by atoms with E-state index in [4.69, 9.17) is 9.79 Å². The van der Waals surface area contributed by atoms with E-state index < -0.39 is 66.2 Å². The monoisotopic (exact) mass is 436 g/mol. The Balaban J connectivity index is 2.47. The Kier molecular flexibility index (Phi) is 6.37.